The molecule has 0 saturated heterocycles. The predicted molar refractivity (Wildman–Crippen MR) is 129 cm³/mol. The Hall–Kier alpha value is -2.21. The lowest BCUT2D eigenvalue weighted by atomic mass is 9.96. The second kappa shape index (κ2) is 11.1. The summed E-state index contributed by atoms with van der Waals surface area (Å²) >= 11 is 23.4. The standard InChI is InChI=1S/C23H15Cl4F7N2O2/c24-14-5-10(17(28)8-13(23(32,33)34)11-6-15(25)18(27)16(26)7-11)1-2-12(14)19(37)36-21(3-4-21)20(38)35-9-22(29,30)31/h1-2,5-8,13H,3-4,9H2,(H,35,38)(H,36,37)/b17-8-. The summed E-state index contributed by atoms with van der Waals surface area (Å²) in [6, 6.07) is 4.67. The molecule has 3 rings (SSSR count). The van der Waals surface area contributed by atoms with Gasteiger partial charge in [0.25, 0.3) is 5.91 Å². The van der Waals surface area contributed by atoms with Gasteiger partial charge in [0, 0.05) is 5.56 Å². The Morgan fingerprint density at radius 3 is 2.00 bits per heavy atom. The summed E-state index contributed by atoms with van der Waals surface area (Å²) in [5.41, 5.74) is -2.72. The molecule has 15 heteroatoms. The van der Waals surface area contributed by atoms with Gasteiger partial charge < -0.3 is 10.6 Å². The molecular formula is C23H15Cl4F7N2O2. The van der Waals surface area contributed by atoms with Crippen LogP contribution in [0.2, 0.25) is 20.1 Å². The van der Waals surface area contributed by atoms with Gasteiger partial charge in [-0.3, -0.25) is 9.59 Å². The first-order chi connectivity index (χ1) is 17.4. The zero-order valence-electron chi connectivity index (χ0n) is 18.6. The minimum Gasteiger partial charge on any atom is -0.345 e. The summed E-state index contributed by atoms with van der Waals surface area (Å²) < 4.78 is 93.2. The number of carbonyl (C=O) groups is 2. The van der Waals surface area contributed by atoms with Crippen molar-refractivity contribution in [3.63, 3.8) is 0 Å². The highest BCUT2D eigenvalue weighted by Crippen LogP contribution is 2.42. The molecule has 1 aliphatic carbocycles. The van der Waals surface area contributed by atoms with E-state index in [0.29, 0.717) is 0 Å². The van der Waals surface area contributed by atoms with Crippen LogP contribution in [0.4, 0.5) is 30.7 Å². The van der Waals surface area contributed by atoms with Gasteiger partial charge in [0.1, 0.15) is 23.8 Å². The van der Waals surface area contributed by atoms with E-state index >= 15 is 0 Å². The fourth-order valence-corrected chi connectivity index (χ4v) is 4.27. The third-order valence-electron chi connectivity index (χ3n) is 5.51. The molecule has 1 atom stereocenters. The molecule has 2 N–H and O–H groups in total. The summed E-state index contributed by atoms with van der Waals surface area (Å²) in [4.78, 5) is 24.7. The molecule has 0 aliphatic heterocycles. The van der Waals surface area contributed by atoms with Gasteiger partial charge >= 0.3 is 12.4 Å². The first kappa shape index (κ1) is 30.3. The molecule has 2 aromatic rings. The highest BCUT2D eigenvalue weighted by molar-refractivity contribution is 6.48. The van der Waals surface area contributed by atoms with Crippen molar-refractivity contribution < 1.29 is 40.3 Å². The SMILES string of the molecule is O=C(NC1(C(=O)NCC(F)(F)F)CC1)c1ccc(/C(F)=C/C(c2cc(Cl)c(Cl)c(Cl)c2)C(F)(F)F)cc1Cl. The largest absolute Gasteiger partial charge is 0.405 e. The lowest BCUT2D eigenvalue weighted by Crippen LogP contribution is -2.50. The molecule has 4 nitrogen and oxygen atoms in total. The predicted octanol–water partition coefficient (Wildman–Crippen LogP) is 7.90. The van der Waals surface area contributed by atoms with Gasteiger partial charge in [-0.05, 0) is 48.7 Å². The zero-order valence-corrected chi connectivity index (χ0v) is 21.7. The number of nitrogens with one attached hydrogen (secondary N) is 2. The Morgan fingerprint density at radius 2 is 1.53 bits per heavy atom. The van der Waals surface area contributed by atoms with Crippen molar-refractivity contribution >= 4 is 64.0 Å². The molecule has 2 amide bonds. The molecule has 206 valence electrons. The van der Waals surface area contributed by atoms with Crippen LogP contribution >= 0.6 is 46.4 Å². The topological polar surface area (TPSA) is 58.2 Å². The molecule has 2 aromatic carbocycles. The van der Waals surface area contributed by atoms with Crippen LogP contribution in [0.15, 0.2) is 36.4 Å². The van der Waals surface area contributed by atoms with Gasteiger partial charge in [-0.1, -0.05) is 52.5 Å². The number of rotatable bonds is 7. The van der Waals surface area contributed by atoms with Crippen molar-refractivity contribution in [2.24, 2.45) is 0 Å². The highest BCUT2D eigenvalue weighted by Gasteiger charge is 2.52. The summed E-state index contributed by atoms with van der Waals surface area (Å²) in [5, 5.41) is 2.91. The minimum atomic E-state index is -4.95. The van der Waals surface area contributed by atoms with E-state index in [4.69, 9.17) is 46.4 Å². The maximum atomic E-state index is 14.9. The maximum absolute atomic E-state index is 14.9. The molecule has 1 fully saturated rings. The van der Waals surface area contributed by atoms with Crippen LogP contribution in [0.3, 0.4) is 0 Å². The fraction of sp³-hybridized carbons (Fsp3) is 0.304. The van der Waals surface area contributed by atoms with Crippen LogP contribution in [0, 0.1) is 0 Å². The number of hydrogen-bond donors (Lipinski definition) is 2. The van der Waals surface area contributed by atoms with E-state index in [1.807, 2.05) is 0 Å². The molecular weight excluding hydrogens is 611 g/mol. The van der Waals surface area contributed by atoms with Crippen LogP contribution < -0.4 is 10.6 Å². The minimum absolute atomic E-state index is 0.0764. The Balaban J connectivity index is 1.82. The van der Waals surface area contributed by atoms with Crippen molar-refractivity contribution in [1.82, 2.24) is 10.6 Å². The van der Waals surface area contributed by atoms with Crippen molar-refractivity contribution in [2.75, 3.05) is 6.54 Å². The van der Waals surface area contributed by atoms with E-state index in [1.54, 1.807) is 5.32 Å². The molecule has 0 bridgehead atoms. The highest BCUT2D eigenvalue weighted by atomic mass is 35.5. The fourth-order valence-electron chi connectivity index (χ4n) is 3.39. The van der Waals surface area contributed by atoms with Crippen LogP contribution in [0.1, 0.15) is 40.2 Å². The number of hydrogen-bond acceptors (Lipinski definition) is 2. The van der Waals surface area contributed by atoms with Crippen LogP contribution in [0.25, 0.3) is 5.83 Å². The van der Waals surface area contributed by atoms with Crippen molar-refractivity contribution in [3.05, 3.63) is 73.2 Å². The van der Waals surface area contributed by atoms with Gasteiger partial charge in [-0.2, -0.15) is 26.3 Å². The summed E-state index contributed by atoms with van der Waals surface area (Å²) in [6.07, 6.45) is -9.18. The quantitative estimate of drug-likeness (QED) is 0.243. The number of allylic oxidation sites excluding steroid dienone is 1. The van der Waals surface area contributed by atoms with Crippen molar-refractivity contribution in [2.45, 2.75) is 36.7 Å². The smallest absolute Gasteiger partial charge is 0.345 e. The van der Waals surface area contributed by atoms with E-state index in [2.05, 4.69) is 5.32 Å². The van der Waals surface area contributed by atoms with Crippen molar-refractivity contribution in [1.29, 1.82) is 0 Å². The number of benzene rings is 2. The average molecular weight is 626 g/mol. The van der Waals surface area contributed by atoms with Crippen molar-refractivity contribution in [3.8, 4) is 0 Å². The third kappa shape index (κ3) is 7.25. The Kier molecular flexibility index (Phi) is 8.87. The molecule has 0 heterocycles. The van der Waals surface area contributed by atoms with E-state index in [9.17, 15) is 40.3 Å². The second-order valence-corrected chi connectivity index (χ2v) is 9.96. The van der Waals surface area contributed by atoms with Gasteiger partial charge in [-0.25, -0.2) is 4.39 Å². The first-order valence-corrected chi connectivity index (χ1v) is 12.0. The molecule has 0 aromatic heterocycles. The van der Waals surface area contributed by atoms with Gasteiger partial charge in [0.05, 0.1) is 25.7 Å². The third-order valence-corrected chi connectivity index (χ3v) is 7.02. The number of halogens is 11. The molecule has 0 radical (unpaired) electrons. The maximum Gasteiger partial charge on any atom is 0.405 e. The molecule has 38 heavy (non-hydrogen) atoms. The molecule has 1 unspecified atom stereocenters. The lowest BCUT2D eigenvalue weighted by Gasteiger charge is -2.19. The molecule has 0 spiro atoms. The monoisotopic (exact) mass is 624 g/mol. The van der Waals surface area contributed by atoms with E-state index < -0.39 is 59.1 Å². The second-order valence-electron chi connectivity index (χ2n) is 8.36. The summed E-state index contributed by atoms with van der Waals surface area (Å²) in [6.45, 7) is -1.59. The lowest BCUT2D eigenvalue weighted by molar-refractivity contribution is -0.140. The van der Waals surface area contributed by atoms with Gasteiger partial charge in [0.15, 0.2) is 0 Å². The normalized spacial score (nSPS) is 16.1. The Labute approximate surface area is 231 Å². The molecule has 1 aliphatic rings. The first-order valence-electron chi connectivity index (χ1n) is 10.5. The van der Waals surface area contributed by atoms with Crippen LogP contribution in [0.5, 0.6) is 0 Å². The van der Waals surface area contributed by atoms with Gasteiger partial charge in [0.2, 0.25) is 5.91 Å². The Morgan fingerprint density at radius 1 is 0.947 bits per heavy atom. The summed E-state index contributed by atoms with van der Waals surface area (Å²) in [5.74, 6) is -5.79. The van der Waals surface area contributed by atoms with E-state index in [0.717, 1.165) is 30.3 Å². The number of carbonyl (C=O) groups excluding carboxylic acids is 2. The number of alkyl halides is 6. The van der Waals surface area contributed by atoms with E-state index in [-0.39, 0.29) is 44.6 Å². The summed E-state index contributed by atoms with van der Waals surface area (Å²) in [7, 11) is 0. The number of amides is 2. The van der Waals surface area contributed by atoms with Crippen LogP contribution in [-0.2, 0) is 4.79 Å². The van der Waals surface area contributed by atoms with Crippen LogP contribution in [-0.4, -0.2) is 36.3 Å². The zero-order chi connectivity index (χ0) is 28.6. The van der Waals surface area contributed by atoms with Gasteiger partial charge in [-0.15, -0.1) is 0 Å². The Bertz CT molecular complexity index is 1270. The average Bonchev–Trinajstić information content (AvgIpc) is 3.58. The molecule has 1 saturated carbocycles. The van der Waals surface area contributed by atoms with E-state index in [1.165, 1.54) is 0 Å².